The number of benzene rings is 1. The van der Waals surface area contributed by atoms with Crippen LogP contribution in [0.2, 0.25) is 0 Å². The van der Waals surface area contributed by atoms with Crippen molar-refractivity contribution in [2.24, 2.45) is 5.18 Å². The molecule has 0 unspecified atom stereocenters. The van der Waals surface area contributed by atoms with Gasteiger partial charge in [-0.15, -0.1) is 4.91 Å². The largest absolute Gasteiger partial charge is 0.291 e. The molecule has 2 N–H and O–H groups in total. The van der Waals surface area contributed by atoms with E-state index in [0.717, 1.165) is 0 Å². The first-order chi connectivity index (χ1) is 4.88. The van der Waals surface area contributed by atoms with Crippen molar-refractivity contribution in [3.8, 4) is 0 Å². The summed E-state index contributed by atoms with van der Waals surface area (Å²) in [5, 5.41) is 11.1. The Kier molecular flexibility index (Phi) is 4.43. The third kappa shape index (κ3) is 2.30. The summed E-state index contributed by atoms with van der Waals surface area (Å²) in [4.78, 5) is 9.99. The monoisotopic (exact) mass is 197 g/mol. The molecule has 0 aromatic heterocycles. The first kappa shape index (κ1) is 10.1. The first-order valence-corrected chi connectivity index (χ1v) is 2.71. The summed E-state index contributed by atoms with van der Waals surface area (Å²) < 4.78 is 0. The minimum Gasteiger partial charge on any atom is -0.291 e. The SMILES string of the molecule is O=Nc1ccccc1NO.[Co]. The molecule has 0 atom stereocenters. The van der Waals surface area contributed by atoms with E-state index in [1.807, 2.05) is 5.48 Å². The zero-order valence-corrected chi connectivity index (χ0v) is 6.49. The van der Waals surface area contributed by atoms with Crippen molar-refractivity contribution in [1.29, 1.82) is 0 Å². The second kappa shape index (κ2) is 4.83. The molecule has 1 aromatic carbocycles. The summed E-state index contributed by atoms with van der Waals surface area (Å²) >= 11 is 0. The Balaban J connectivity index is 0.000001000. The van der Waals surface area contributed by atoms with Gasteiger partial charge in [-0.2, -0.15) is 0 Å². The minimum absolute atomic E-state index is 0. The van der Waals surface area contributed by atoms with Gasteiger partial charge in [0.05, 0.1) is 5.69 Å². The first-order valence-electron chi connectivity index (χ1n) is 2.71. The van der Waals surface area contributed by atoms with Gasteiger partial charge in [-0.1, -0.05) is 12.1 Å². The average Bonchev–Trinajstić information content (AvgIpc) is 2.04. The number of nitroso groups, excluding NO2 is 1. The van der Waals surface area contributed by atoms with Crippen molar-refractivity contribution in [3.63, 3.8) is 0 Å². The Morgan fingerprint density at radius 2 is 2.00 bits per heavy atom. The summed E-state index contributed by atoms with van der Waals surface area (Å²) in [6.45, 7) is 0. The zero-order valence-electron chi connectivity index (χ0n) is 5.45. The van der Waals surface area contributed by atoms with Gasteiger partial charge < -0.3 is 0 Å². The van der Waals surface area contributed by atoms with Crippen LogP contribution in [0, 0.1) is 4.91 Å². The van der Waals surface area contributed by atoms with E-state index >= 15 is 0 Å². The number of rotatable bonds is 2. The summed E-state index contributed by atoms with van der Waals surface area (Å²) in [6.07, 6.45) is 0. The number of nitrogens with one attached hydrogen (secondary N) is 1. The smallest absolute Gasteiger partial charge is 0.133 e. The molecule has 0 saturated carbocycles. The summed E-state index contributed by atoms with van der Waals surface area (Å²) in [5.41, 5.74) is 2.37. The standard InChI is InChI=1S/C6H6N2O2.Co/c9-7-5-3-1-2-4-6(5)8-10;/h1-4,7,9H;. The molecular formula is C6H6CoN2O2. The molecule has 4 nitrogen and oxygen atoms in total. The summed E-state index contributed by atoms with van der Waals surface area (Å²) in [6, 6.07) is 6.41. The molecule has 5 heteroatoms. The third-order valence-corrected chi connectivity index (χ3v) is 1.12. The maximum Gasteiger partial charge on any atom is 0.133 e. The predicted octanol–water partition coefficient (Wildman–Crippen LogP) is 1.88. The van der Waals surface area contributed by atoms with Gasteiger partial charge in [-0.05, 0) is 17.3 Å². The summed E-state index contributed by atoms with van der Waals surface area (Å²) in [5.74, 6) is 0. The zero-order chi connectivity index (χ0) is 7.40. The quantitative estimate of drug-likeness (QED) is 0.562. The molecule has 0 aliphatic rings. The van der Waals surface area contributed by atoms with E-state index in [-0.39, 0.29) is 22.5 Å². The van der Waals surface area contributed by atoms with Gasteiger partial charge in [0, 0.05) is 16.8 Å². The average molecular weight is 197 g/mol. The van der Waals surface area contributed by atoms with E-state index in [1.165, 1.54) is 6.07 Å². The molecule has 0 heterocycles. The third-order valence-electron chi connectivity index (χ3n) is 1.12. The molecule has 0 fully saturated rings. The number of para-hydroxylation sites is 1. The maximum atomic E-state index is 9.99. The van der Waals surface area contributed by atoms with E-state index in [9.17, 15) is 4.91 Å². The molecule has 0 saturated heterocycles. The van der Waals surface area contributed by atoms with E-state index in [0.29, 0.717) is 5.69 Å². The Bertz CT molecular complexity index is 242. The predicted molar refractivity (Wildman–Crippen MR) is 37.3 cm³/mol. The Morgan fingerprint density at radius 1 is 1.36 bits per heavy atom. The molecule has 1 radical (unpaired) electrons. The fourth-order valence-electron chi connectivity index (χ4n) is 0.648. The van der Waals surface area contributed by atoms with Crippen LogP contribution in [0.15, 0.2) is 29.4 Å². The molecule has 0 spiro atoms. The molecule has 11 heavy (non-hydrogen) atoms. The molecule has 1 aromatic rings. The molecule has 0 bridgehead atoms. The van der Waals surface area contributed by atoms with Crippen LogP contribution in [-0.4, -0.2) is 5.21 Å². The van der Waals surface area contributed by atoms with Crippen LogP contribution < -0.4 is 5.48 Å². The fourth-order valence-corrected chi connectivity index (χ4v) is 0.648. The van der Waals surface area contributed by atoms with Crippen LogP contribution >= 0.6 is 0 Å². The number of nitrogens with zero attached hydrogens (tertiary/aromatic N) is 1. The Labute approximate surface area is 73.7 Å². The summed E-state index contributed by atoms with van der Waals surface area (Å²) in [7, 11) is 0. The number of hydrogen-bond acceptors (Lipinski definition) is 4. The molecule has 61 valence electrons. The van der Waals surface area contributed by atoms with E-state index in [2.05, 4.69) is 5.18 Å². The normalized spacial score (nSPS) is 8.09. The van der Waals surface area contributed by atoms with Crippen LogP contribution in [0.1, 0.15) is 0 Å². The molecular weight excluding hydrogens is 191 g/mol. The van der Waals surface area contributed by atoms with Crippen LogP contribution in [0.5, 0.6) is 0 Å². The van der Waals surface area contributed by atoms with Crippen LogP contribution in [-0.2, 0) is 16.8 Å². The van der Waals surface area contributed by atoms with Gasteiger partial charge in [0.1, 0.15) is 5.69 Å². The van der Waals surface area contributed by atoms with Crippen molar-refractivity contribution in [3.05, 3.63) is 29.2 Å². The Hall–Kier alpha value is -0.914. The number of hydrogen-bond donors (Lipinski definition) is 2. The van der Waals surface area contributed by atoms with Crippen molar-refractivity contribution in [2.75, 3.05) is 5.48 Å². The second-order valence-electron chi connectivity index (χ2n) is 1.72. The van der Waals surface area contributed by atoms with Crippen molar-refractivity contribution < 1.29 is 22.0 Å². The van der Waals surface area contributed by atoms with Gasteiger partial charge in [0.25, 0.3) is 0 Å². The fraction of sp³-hybridized carbons (Fsp3) is 0. The van der Waals surface area contributed by atoms with Crippen LogP contribution in [0.25, 0.3) is 0 Å². The van der Waals surface area contributed by atoms with Gasteiger partial charge in [-0.25, -0.2) is 0 Å². The van der Waals surface area contributed by atoms with E-state index in [1.54, 1.807) is 18.2 Å². The van der Waals surface area contributed by atoms with Crippen molar-refractivity contribution in [1.82, 2.24) is 0 Å². The van der Waals surface area contributed by atoms with Crippen LogP contribution in [0.3, 0.4) is 0 Å². The van der Waals surface area contributed by atoms with E-state index < -0.39 is 0 Å². The van der Waals surface area contributed by atoms with Crippen molar-refractivity contribution in [2.45, 2.75) is 0 Å². The van der Waals surface area contributed by atoms with Gasteiger partial charge in [0.2, 0.25) is 0 Å². The molecule has 1 rings (SSSR count). The van der Waals surface area contributed by atoms with E-state index in [4.69, 9.17) is 5.21 Å². The minimum atomic E-state index is 0. The second-order valence-corrected chi connectivity index (χ2v) is 1.72. The van der Waals surface area contributed by atoms with Crippen molar-refractivity contribution >= 4 is 11.4 Å². The van der Waals surface area contributed by atoms with Gasteiger partial charge in [-0.3, -0.25) is 10.7 Å². The van der Waals surface area contributed by atoms with Gasteiger partial charge in [0.15, 0.2) is 0 Å². The maximum absolute atomic E-state index is 9.99. The number of anilines is 1. The topological polar surface area (TPSA) is 61.7 Å². The van der Waals surface area contributed by atoms with Gasteiger partial charge >= 0.3 is 0 Å². The molecule has 0 aliphatic carbocycles. The van der Waals surface area contributed by atoms with Crippen LogP contribution in [0.4, 0.5) is 11.4 Å². The Morgan fingerprint density at radius 3 is 2.45 bits per heavy atom. The molecule has 0 aliphatic heterocycles. The molecule has 0 amide bonds.